The molecule has 5 saturated carbocycles. The van der Waals surface area contributed by atoms with Crippen LogP contribution in [0.25, 0.3) is 21.9 Å². The fourth-order valence-corrected chi connectivity index (χ4v) is 10.4. The second-order valence-electron chi connectivity index (χ2n) is 13.5. The lowest BCUT2D eigenvalue weighted by atomic mass is 9.48. The molecule has 6 aliphatic rings. The van der Waals surface area contributed by atoms with Gasteiger partial charge in [0.2, 0.25) is 0 Å². The maximum atomic E-state index is 11.5. The van der Waals surface area contributed by atoms with Crippen molar-refractivity contribution in [2.24, 2.45) is 17.8 Å². The Balaban J connectivity index is 1.39. The Hall–Kier alpha value is -2.48. The molecule has 2 nitrogen and oxygen atoms in total. The van der Waals surface area contributed by atoms with E-state index in [2.05, 4.69) is 42.5 Å². The first-order valence-corrected chi connectivity index (χ1v) is 15.1. The summed E-state index contributed by atoms with van der Waals surface area (Å²) in [6, 6.07) is 16.0. The molecule has 1 N–H and O–H groups in total. The predicted octanol–water partition coefficient (Wildman–Crippen LogP) is 9.03. The quantitative estimate of drug-likeness (QED) is 0.387. The van der Waals surface area contributed by atoms with Gasteiger partial charge in [0.25, 0.3) is 0 Å². The Bertz CT molecular complexity index is 1350. The minimum absolute atomic E-state index is 0.0405. The number of ether oxygens (including phenoxy) is 1. The van der Waals surface area contributed by atoms with E-state index in [1.54, 1.807) is 0 Å². The topological polar surface area (TPSA) is 29.5 Å². The van der Waals surface area contributed by atoms with Crippen LogP contribution >= 0.6 is 0 Å². The summed E-state index contributed by atoms with van der Waals surface area (Å²) in [5.41, 5.74) is 7.43. The summed E-state index contributed by atoms with van der Waals surface area (Å²) >= 11 is 0. The number of aromatic hydroxyl groups is 1. The number of phenols is 1. The van der Waals surface area contributed by atoms with Gasteiger partial charge in [-0.1, -0.05) is 56.4 Å². The minimum atomic E-state index is 0.0405. The highest BCUT2D eigenvalue weighted by atomic mass is 16.5. The normalized spacial score (nSPS) is 31.2. The monoisotopic (exact) mass is 492 g/mol. The number of hydrogen-bond donors (Lipinski definition) is 1. The maximum absolute atomic E-state index is 11.5. The lowest BCUT2D eigenvalue weighted by molar-refractivity contribution is -0.00609. The molecule has 6 aliphatic carbocycles. The van der Waals surface area contributed by atoms with Gasteiger partial charge in [0.05, 0.1) is 7.11 Å². The molecule has 0 aliphatic heterocycles. The summed E-state index contributed by atoms with van der Waals surface area (Å²) in [5, 5.41) is 13.8. The molecule has 0 amide bonds. The smallest absolute Gasteiger partial charge is 0.123 e. The molecule has 5 fully saturated rings. The lowest BCUT2D eigenvalue weighted by Crippen LogP contribution is -2.48. The Morgan fingerprint density at radius 1 is 0.730 bits per heavy atom. The van der Waals surface area contributed by atoms with Gasteiger partial charge in [0, 0.05) is 16.4 Å². The molecule has 0 radical (unpaired) electrons. The van der Waals surface area contributed by atoms with Crippen molar-refractivity contribution in [1.29, 1.82) is 0 Å². The highest BCUT2D eigenvalue weighted by molar-refractivity contribution is 6.06. The van der Waals surface area contributed by atoms with Crippen LogP contribution in [0, 0.1) is 17.8 Å². The van der Waals surface area contributed by atoms with E-state index in [1.807, 2.05) is 7.11 Å². The van der Waals surface area contributed by atoms with Gasteiger partial charge in [-0.05, 0) is 120 Å². The van der Waals surface area contributed by atoms with E-state index in [9.17, 15) is 5.11 Å². The van der Waals surface area contributed by atoms with E-state index < -0.39 is 0 Å². The van der Waals surface area contributed by atoms with E-state index in [0.29, 0.717) is 5.75 Å². The van der Waals surface area contributed by atoms with E-state index in [4.69, 9.17) is 4.74 Å². The molecule has 0 saturated heterocycles. The van der Waals surface area contributed by atoms with E-state index in [-0.39, 0.29) is 10.8 Å². The molecule has 2 heteroatoms. The fourth-order valence-electron chi connectivity index (χ4n) is 10.4. The number of phenolic OH excluding ortho intramolecular Hbond substituents is 1. The molecule has 37 heavy (non-hydrogen) atoms. The summed E-state index contributed by atoms with van der Waals surface area (Å²) in [6.45, 7) is 0. The predicted molar refractivity (Wildman–Crippen MR) is 151 cm³/mol. The van der Waals surface area contributed by atoms with Gasteiger partial charge in [0.15, 0.2) is 0 Å². The van der Waals surface area contributed by atoms with Crippen molar-refractivity contribution in [3.63, 3.8) is 0 Å². The summed E-state index contributed by atoms with van der Waals surface area (Å²) in [5.74, 6) is 4.09. The summed E-state index contributed by atoms with van der Waals surface area (Å²) in [4.78, 5) is 0. The second kappa shape index (κ2) is 8.01. The van der Waals surface area contributed by atoms with Crippen LogP contribution in [0.15, 0.2) is 42.5 Å². The third-order valence-corrected chi connectivity index (χ3v) is 11.5. The Morgan fingerprint density at radius 2 is 1.38 bits per heavy atom. The van der Waals surface area contributed by atoms with Crippen LogP contribution < -0.4 is 4.74 Å². The average molecular weight is 493 g/mol. The Morgan fingerprint density at radius 3 is 2.05 bits per heavy atom. The van der Waals surface area contributed by atoms with Gasteiger partial charge in [-0.3, -0.25) is 0 Å². The van der Waals surface area contributed by atoms with Crippen LogP contribution in [0.1, 0.15) is 100 Å². The van der Waals surface area contributed by atoms with Crippen LogP contribution in [0.4, 0.5) is 0 Å². The molecule has 3 aromatic rings. The van der Waals surface area contributed by atoms with Crippen molar-refractivity contribution >= 4 is 10.8 Å². The molecular formula is C35H40O2. The number of benzene rings is 3. The number of fused-ring (bicyclic) bond motifs is 7. The van der Waals surface area contributed by atoms with Crippen molar-refractivity contribution in [2.45, 2.75) is 94.3 Å². The molecule has 0 aromatic heterocycles. The molecule has 4 bridgehead atoms. The van der Waals surface area contributed by atoms with Crippen LogP contribution in [0.5, 0.6) is 11.5 Å². The standard InChI is InChI=1S/C35H40O2/c1-37-32-17-26-27(16-29(32)34-19-22-13-23(20-34)15-24(14-22)21-34)33-25-9-5-6-10-28(25)35(30(33)18-31(26)36)11-7-3-2-4-8-12-35/h5-6,9-10,16-18,22-24,36H,2-4,7-8,11-15,19-21H2,1H3. The van der Waals surface area contributed by atoms with Gasteiger partial charge in [-0.2, -0.15) is 0 Å². The fraction of sp³-hybridized carbons (Fsp3) is 0.543. The third kappa shape index (κ3) is 3.11. The van der Waals surface area contributed by atoms with Gasteiger partial charge in [-0.15, -0.1) is 0 Å². The maximum Gasteiger partial charge on any atom is 0.123 e. The molecular weight excluding hydrogens is 452 g/mol. The summed E-state index contributed by atoms with van der Waals surface area (Å²) in [7, 11) is 1.83. The largest absolute Gasteiger partial charge is 0.507 e. The summed E-state index contributed by atoms with van der Waals surface area (Å²) in [6.07, 6.45) is 17.2. The van der Waals surface area contributed by atoms with E-state index in [0.717, 1.165) is 28.9 Å². The zero-order chi connectivity index (χ0) is 24.8. The molecule has 0 heterocycles. The first-order chi connectivity index (χ1) is 18.1. The molecule has 1 spiro atoms. The van der Waals surface area contributed by atoms with Crippen LogP contribution in [-0.2, 0) is 10.8 Å². The van der Waals surface area contributed by atoms with Crippen LogP contribution in [0.3, 0.4) is 0 Å². The third-order valence-electron chi connectivity index (χ3n) is 11.5. The number of rotatable bonds is 2. The minimum Gasteiger partial charge on any atom is -0.507 e. The number of methoxy groups -OCH3 is 1. The first kappa shape index (κ1) is 22.5. The van der Waals surface area contributed by atoms with Crippen LogP contribution in [-0.4, -0.2) is 12.2 Å². The number of hydrogen-bond acceptors (Lipinski definition) is 2. The Labute approximate surface area is 221 Å². The highest BCUT2D eigenvalue weighted by Crippen LogP contribution is 2.63. The van der Waals surface area contributed by atoms with Crippen LogP contribution in [0.2, 0.25) is 0 Å². The first-order valence-electron chi connectivity index (χ1n) is 15.1. The molecule has 9 rings (SSSR count). The van der Waals surface area contributed by atoms with Crippen molar-refractivity contribution in [3.8, 4) is 22.6 Å². The summed E-state index contributed by atoms with van der Waals surface area (Å²) < 4.78 is 6.12. The lowest BCUT2D eigenvalue weighted by Gasteiger charge is -2.57. The van der Waals surface area contributed by atoms with E-state index >= 15 is 0 Å². The molecule has 192 valence electrons. The zero-order valence-corrected chi connectivity index (χ0v) is 22.3. The molecule has 0 unspecified atom stereocenters. The van der Waals surface area contributed by atoms with Gasteiger partial charge < -0.3 is 9.84 Å². The average Bonchev–Trinajstić information content (AvgIpc) is 3.15. The Kier molecular flexibility index (Phi) is 4.87. The molecule has 3 aromatic carbocycles. The second-order valence-corrected chi connectivity index (χ2v) is 13.5. The SMILES string of the molecule is COc1cc2c(O)cc3c(c2cc1C12CC4CC(CC(C4)C1)C2)-c1ccccc1C31CCCCCCC1. The van der Waals surface area contributed by atoms with Crippen molar-refractivity contribution in [3.05, 3.63) is 59.2 Å². The van der Waals surface area contributed by atoms with Crippen molar-refractivity contribution in [2.75, 3.05) is 7.11 Å². The van der Waals surface area contributed by atoms with Gasteiger partial charge in [-0.25, -0.2) is 0 Å². The zero-order valence-electron chi connectivity index (χ0n) is 22.3. The van der Waals surface area contributed by atoms with Crippen molar-refractivity contribution in [1.82, 2.24) is 0 Å². The molecule has 0 atom stereocenters. The van der Waals surface area contributed by atoms with E-state index in [1.165, 1.54) is 117 Å². The van der Waals surface area contributed by atoms with Gasteiger partial charge in [0.1, 0.15) is 11.5 Å². The van der Waals surface area contributed by atoms with Gasteiger partial charge >= 0.3 is 0 Å². The highest BCUT2D eigenvalue weighted by Gasteiger charge is 2.53. The van der Waals surface area contributed by atoms with Crippen molar-refractivity contribution < 1.29 is 9.84 Å².